The van der Waals surface area contributed by atoms with Crippen molar-refractivity contribution in [3.05, 3.63) is 157 Å². The molecule has 1 heterocycles. The predicted octanol–water partition coefficient (Wildman–Crippen LogP) is 2.37. The number of hydrogen-bond donors (Lipinski definition) is 0. The quantitative estimate of drug-likeness (QED) is 0.145. The van der Waals surface area contributed by atoms with Crippen molar-refractivity contribution in [2.75, 3.05) is 18.1 Å². The van der Waals surface area contributed by atoms with Crippen LogP contribution in [-0.2, 0) is 20.7 Å². The SMILES string of the molecule is CN1C(=O)C(Cc2ccccc2)(OC(=O)C[P+](c2ccccc2)(c2ccccc2)c2ccccc2)C(=O)c2ccccc21.[Br-]. The van der Waals surface area contributed by atoms with Gasteiger partial charge in [-0.25, -0.2) is 4.79 Å². The normalized spacial score (nSPS) is 16.1. The highest BCUT2D eigenvalue weighted by molar-refractivity contribution is 7.96. The van der Waals surface area contributed by atoms with Gasteiger partial charge >= 0.3 is 5.97 Å². The van der Waals surface area contributed by atoms with Crippen molar-refractivity contribution in [1.82, 2.24) is 0 Å². The Bertz CT molecular complexity index is 1670. The van der Waals surface area contributed by atoms with Crippen molar-refractivity contribution >= 4 is 46.5 Å². The molecular weight excluding hydrogens is 633 g/mol. The number of hydrogen-bond acceptors (Lipinski definition) is 4. The van der Waals surface area contributed by atoms with Crippen LogP contribution in [0.1, 0.15) is 15.9 Å². The summed E-state index contributed by atoms with van der Waals surface area (Å²) in [6.07, 6.45) is -0.0864. The second kappa shape index (κ2) is 13.1. The number of likely N-dealkylation sites (N-methyl/N-ethyl adjacent to an activating group) is 1. The summed E-state index contributed by atoms with van der Waals surface area (Å²) < 4.78 is 6.30. The number of Topliss-reactive ketones (excluding diaryl/α,β-unsaturated/α-hetero) is 1. The highest BCUT2D eigenvalue weighted by Gasteiger charge is 2.57. The van der Waals surface area contributed by atoms with Gasteiger partial charge in [-0.1, -0.05) is 97.1 Å². The molecule has 0 aliphatic carbocycles. The summed E-state index contributed by atoms with van der Waals surface area (Å²) in [7, 11) is -0.999. The van der Waals surface area contributed by atoms with Crippen LogP contribution in [0.3, 0.4) is 0 Å². The molecule has 0 radical (unpaired) electrons. The number of halogens is 1. The van der Waals surface area contributed by atoms with Gasteiger partial charge in [0.15, 0.2) is 6.16 Å². The Hall–Kier alpha value is -4.38. The van der Waals surface area contributed by atoms with Crippen molar-refractivity contribution in [2.24, 2.45) is 0 Å². The fraction of sp³-hybridized carbons (Fsp3) is 0.108. The first-order valence-corrected chi connectivity index (χ1v) is 16.2. The Labute approximate surface area is 268 Å². The molecule has 1 unspecified atom stereocenters. The lowest BCUT2D eigenvalue weighted by molar-refractivity contribution is -0.160. The summed E-state index contributed by atoms with van der Waals surface area (Å²) >= 11 is 0. The van der Waals surface area contributed by atoms with Crippen LogP contribution in [0, 0.1) is 0 Å². The van der Waals surface area contributed by atoms with Gasteiger partial charge in [0.05, 0.1) is 5.69 Å². The Morgan fingerprint density at radius 3 is 1.59 bits per heavy atom. The van der Waals surface area contributed by atoms with E-state index in [0.717, 1.165) is 21.5 Å². The van der Waals surface area contributed by atoms with E-state index >= 15 is 0 Å². The predicted molar refractivity (Wildman–Crippen MR) is 173 cm³/mol. The third-order valence-electron chi connectivity index (χ3n) is 8.07. The molecule has 44 heavy (non-hydrogen) atoms. The number of para-hydroxylation sites is 1. The lowest BCUT2D eigenvalue weighted by Crippen LogP contribution is -3.00. The molecule has 5 nitrogen and oxygen atoms in total. The minimum Gasteiger partial charge on any atom is -1.00 e. The molecule has 6 rings (SSSR count). The maximum absolute atomic E-state index is 14.4. The van der Waals surface area contributed by atoms with Gasteiger partial charge in [-0.15, -0.1) is 0 Å². The summed E-state index contributed by atoms with van der Waals surface area (Å²) in [5.74, 6) is -1.67. The third-order valence-corrected chi connectivity index (χ3v) is 12.3. The smallest absolute Gasteiger partial charge is 0.346 e. The lowest BCUT2D eigenvalue weighted by Gasteiger charge is -2.39. The number of esters is 1. The average Bonchev–Trinajstić information content (AvgIpc) is 3.07. The Morgan fingerprint density at radius 2 is 1.09 bits per heavy atom. The van der Waals surface area contributed by atoms with Gasteiger partial charge in [0.2, 0.25) is 5.78 Å². The van der Waals surface area contributed by atoms with Crippen LogP contribution < -0.4 is 37.8 Å². The summed E-state index contributed by atoms with van der Waals surface area (Å²) in [6.45, 7) is 0. The van der Waals surface area contributed by atoms with Gasteiger partial charge in [0, 0.05) is 19.0 Å². The number of ether oxygens (including phenoxy) is 1. The number of carbonyl (C=O) groups is 3. The molecule has 7 heteroatoms. The molecule has 0 bridgehead atoms. The van der Waals surface area contributed by atoms with E-state index in [4.69, 9.17) is 4.74 Å². The molecule has 5 aromatic carbocycles. The minimum atomic E-state index is -2.62. The van der Waals surface area contributed by atoms with Gasteiger partial charge in [-0.2, -0.15) is 0 Å². The molecule has 5 aromatic rings. The summed E-state index contributed by atoms with van der Waals surface area (Å²) in [4.78, 5) is 44.3. The topological polar surface area (TPSA) is 63.7 Å². The molecule has 0 spiro atoms. The van der Waals surface area contributed by atoms with Crippen molar-refractivity contribution in [3.63, 3.8) is 0 Å². The van der Waals surface area contributed by atoms with E-state index in [-0.39, 0.29) is 29.6 Å². The molecule has 220 valence electrons. The third kappa shape index (κ3) is 5.52. The fourth-order valence-electron chi connectivity index (χ4n) is 6.01. The first-order valence-electron chi connectivity index (χ1n) is 14.2. The summed E-state index contributed by atoms with van der Waals surface area (Å²) in [6, 6.07) is 46.1. The maximum Gasteiger partial charge on any atom is 0.346 e. The Morgan fingerprint density at radius 1 is 0.659 bits per heavy atom. The van der Waals surface area contributed by atoms with E-state index in [9.17, 15) is 14.4 Å². The number of nitrogens with zero attached hydrogens (tertiary/aromatic N) is 1. The number of amides is 1. The highest BCUT2D eigenvalue weighted by Crippen LogP contribution is 2.55. The van der Waals surface area contributed by atoms with Gasteiger partial charge < -0.3 is 26.6 Å². The second-order valence-electron chi connectivity index (χ2n) is 10.6. The van der Waals surface area contributed by atoms with Crippen molar-refractivity contribution in [1.29, 1.82) is 0 Å². The van der Waals surface area contributed by atoms with Crippen LogP contribution >= 0.6 is 7.26 Å². The molecule has 0 N–H and O–H groups in total. The van der Waals surface area contributed by atoms with Crippen LogP contribution in [0.25, 0.3) is 0 Å². The molecule has 1 atom stereocenters. The molecule has 1 aliphatic rings. The zero-order valence-corrected chi connectivity index (χ0v) is 26.7. The first kappa shape index (κ1) is 31.1. The Balaban J connectivity index is 0.00000384. The van der Waals surface area contributed by atoms with Crippen LogP contribution in [0.4, 0.5) is 5.69 Å². The van der Waals surface area contributed by atoms with E-state index in [2.05, 4.69) is 0 Å². The van der Waals surface area contributed by atoms with Crippen LogP contribution in [0.5, 0.6) is 0 Å². The van der Waals surface area contributed by atoms with Crippen LogP contribution in [-0.4, -0.2) is 36.5 Å². The molecule has 0 saturated heterocycles. The number of anilines is 1. The maximum atomic E-state index is 14.4. The molecular formula is C37H31BrNO4P. The van der Waals surface area contributed by atoms with Crippen LogP contribution in [0.2, 0.25) is 0 Å². The second-order valence-corrected chi connectivity index (χ2v) is 14.1. The van der Waals surface area contributed by atoms with E-state index < -0.39 is 30.5 Å². The van der Waals surface area contributed by atoms with E-state index in [0.29, 0.717) is 11.3 Å². The molecule has 0 fully saturated rings. The molecule has 0 aromatic heterocycles. The lowest BCUT2D eigenvalue weighted by atomic mass is 9.81. The number of benzene rings is 5. The fourth-order valence-corrected chi connectivity index (χ4v) is 9.94. The van der Waals surface area contributed by atoms with E-state index in [1.54, 1.807) is 31.3 Å². The van der Waals surface area contributed by atoms with Gasteiger partial charge in [0.25, 0.3) is 11.5 Å². The zero-order valence-electron chi connectivity index (χ0n) is 24.2. The largest absolute Gasteiger partial charge is 1.00 e. The van der Waals surface area contributed by atoms with Crippen molar-refractivity contribution < 1.29 is 36.1 Å². The monoisotopic (exact) mass is 663 g/mol. The van der Waals surface area contributed by atoms with Gasteiger partial charge in [-0.3, -0.25) is 9.59 Å². The van der Waals surface area contributed by atoms with Gasteiger partial charge in [-0.05, 0) is 54.1 Å². The van der Waals surface area contributed by atoms with Crippen molar-refractivity contribution in [2.45, 2.75) is 12.0 Å². The molecule has 1 aliphatic heterocycles. The average molecular weight is 665 g/mol. The molecule has 1 amide bonds. The standard InChI is InChI=1S/C37H31NO4P.BrH/c1-38-33-25-15-14-24-32(33)35(40)37(36(38)41,26-28-16-6-2-7-17-28)42-34(39)27-43(29-18-8-3-9-19-29,30-20-10-4-11-21-30)31-22-12-5-13-23-31;/h2-25H,26-27H2,1H3;1H/q+1;/p-1. The van der Waals surface area contributed by atoms with E-state index in [1.165, 1.54) is 4.90 Å². The van der Waals surface area contributed by atoms with Crippen molar-refractivity contribution in [3.8, 4) is 0 Å². The summed E-state index contributed by atoms with van der Waals surface area (Å²) in [5.41, 5.74) is -0.470. The van der Waals surface area contributed by atoms with E-state index in [1.807, 2.05) is 121 Å². The summed E-state index contributed by atoms with van der Waals surface area (Å²) in [5, 5.41) is 3.01. The Kier molecular flexibility index (Phi) is 9.24. The zero-order chi connectivity index (χ0) is 29.9. The number of carbonyl (C=O) groups excluding carboxylic acids is 3. The number of rotatable bonds is 8. The number of fused-ring (bicyclic) bond motifs is 1. The van der Waals surface area contributed by atoms with Gasteiger partial charge in [0.1, 0.15) is 23.2 Å². The number of ketones is 1. The minimum absolute atomic E-state index is 0. The highest BCUT2D eigenvalue weighted by atomic mass is 79.9. The molecule has 0 saturated carbocycles. The first-order chi connectivity index (χ1) is 21.0. The van der Waals surface area contributed by atoms with Crippen LogP contribution in [0.15, 0.2) is 146 Å².